The lowest BCUT2D eigenvalue weighted by Gasteiger charge is -2.22. The second kappa shape index (κ2) is 9.44. The Kier molecular flexibility index (Phi) is 6.00. The van der Waals surface area contributed by atoms with Crippen molar-refractivity contribution in [2.24, 2.45) is 0 Å². The van der Waals surface area contributed by atoms with Crippen LogP contribution in [0.25, 0.3) is 21.1 Å². The summed E-state index contributed by atoms with van der Waals surface area (Å²) in [5.74, 6) is 1.28. The monoisotopic (exact) mass is 483 g/mol. The van der Waals surface area contributed by atoms with Crippen molar-refractivity contribution in [1.29, 1.82) is 0 Å². The Morgan fingerprint density at radius 3 is 2.83 bits per heavy atom. The van der Waals surface area contributed by atoms with Crippen molar-refractivity contribution in [3.8, 4) is 0 Å². The SMILES string of the molecule is Cc1nc2sc3c(c2c(=O)n1CCOCCc1c[nH]c2ccccc12)CCC(c1ccccc1)C3. The zero-order valence-electron chi connectivity index (χ0n) is 19.9. The molecule has 6 rings (SSSR count). The Hall–Kier alpha value is -3.22. The third-order valence-electron chi connectivity index (χ3n) is 7.28. The van der Waals surface area contributed by atoms with Crippen LogP contribution in [0, 0.1) is 6.92 Å². The molecular formula is C29H29N3O2S. The van der Waals surface area contributed by atoms with Gasteiger partial charge in [-0.2, -0.15) is 0 Å². The van der Waals surface area contributed by atoms with E-state index in [9.17, 15) is 4.79 Å². The number of hydrogen-bond acceptors (Lipinski definition) is 4. The van der Waals surface area contributed by atoms with Crippen LogP contribution in [-0.4, -0.2) is 27.7 Å². The van der Waals surface area contributed by atoms with E-state index >= 15 is 0 Å². The van der Waals surface area contributed by atoms with Gasteiger partial charge in [-0.1, -0.05) is 48.5 Å². The van der Waals surface area contributed by atoms with Crippen molar-refractivity contribution in [2.45, 2.75) is 45.1 Å². The standard InChI is InChI=1S/C29H29N3O2S/c1-19-31-28-27(24-12-11-21(17-26(24)35-28)20-7-3-2-4-8-20)29(33)32(19)14-16-34-15-13-22-18-30-25-10-6-5-9-23(22)25/h2-10,18,21,30H,11-17H2,1H3. The van der Waals surface area contributed by atoms with Gasteiger partial charge in [0.2, 0.25) is 0 Å². The molecule has 1 unspecified atom stereocenters. The fourth-order valence-electron chi connectivity index (χ4n) is 5.41. The molecule has 5 nitrogen and oxygen atoms in total. The Bertz CT molecular complexity index is 1550. The summed E-state index contributed by atoms with van der Waals surface area (Å²) in [6.45, 7) is 3.58. The summed E-state index contributed by atoms with van der Waals surface area (Å²) in [7, 11) is 0. The van der Waals surface area contributed by atoms with Crippen molar-refractivity contribution in [2.75, 3.05) is 13.2 Å². The second-order valence-corrected chi connectivity index (χ2v) is 10.5. The number of benzene rings is 2. The molecule has 3 aromatic heterocycles. The number of ether oxygens (including phenoxy) is 1. The zero-order chi connectivity index (χ0) is 23.8. The molecule has 35 heavy (non-hydrogen) atoms. The quantitative estimate of drug-likeness (QED) is 0.299. The molecule has 1 aliphatic carbocycles. The van der Waals surface area contributed by atoms with Crippen LogP contribution in [0.4, 0.5) is 0 Å². The molecule has 0 fully saturated rings. The zero-order valence-corrected chi connectivity index (χ0v) is 20.7. The normalized spacial score (nSPS) is 15.6. The molecule has 3 heterocycles. The highest BCUT2D eigenvalue weighted by Gasteiger charge is 2.26. The molecule has 6 heteroatoms. The molecule has 0 amide bonds. The fourth-order valence-corrected chi connectivity index (χ4v) is 6.75. The van der Waals surface area contributed by atoms with E-state index < -0.39 is 0 Å². The first-order valence-corrected chi connectivity index (χ1v) is 13.2. The Morgan fingerprint density at radius 1 is 1.11 bits per heavy atom. The van der Waals surface area contributed by atoms with Gasteiger partial charge in [0.25, 0.3) is 5.56 Å². The topological polar surface area (TPSA) is 59.9 Å². The van der Waals surface area contributed by atoms with E-state index in [-0.39, 0.29) is 5.56 Å². The fraction of sp³-hybridized carbons (Fsp3) is 0.310. The molecule has 0 radical (unpaired) electrons. The summed E-state index contributed by atoms with van der Waals surface area (Å²) in [4.78, 5) is 23.9. The van der Waals surface area contributed by atoms with Gasteiger partial charge in [0.15, 0.2) is 0 Å². The molecule has 5 aromatic rings. The van der Waals surface area contributed by atoms with Gasteiger partial charge in [-0.25, -0.2) is 4.98 Å². The van der Waals surface area contributed by atoms with Crippen LogP contribution in [0.15, 0.2) is 65.6 Å². The van der Waals surface area contributed by atoms with Gasteiger partial charge in [-0.05, 0) is 61.3 Å². The van der Waals surface area contributed by atoms with E-state index in [1.165, 1.54) is 27.0 Å². The number of fused-ring (bicyclic) bond motifs is 4. The summed E-state index contributed by atoms with van der Waals surface area (Å²) in [6, 6.07) is 19.0. The molecule has 178 valence electrons. The molecule has 0 saturated heterocycles. The predicted molar refractivity (Wildman–Crippen MR) is 143 cm³/mol. The van der Waals surface area contributed by atoms with Crippen LogP contribution in [0.3, 0.4) is 0 Å². The smallest absolute Gasteiger partial charge is 0.262 e. The number of thiophene rings is 1. The van der Waals surface area contributed by atoms with Crippen LogP contribution < -0.4 is 5.56 Å². The third kappa shape index (κ3) is 4.21. The highest BCUT2D eigenvalue weighted by molar-refractivity contribution is 7.18. The first kappa shape index (κ1) is 22.3. The second-order valence-electron chi connectivity index (χ2n) is 9.37. The number of rotatable bonds is 7. The minimum absolute atomic E-state index is 0.0865. The molecule has 0 saturated carbocycles. The predicted octanol–water partition coefficient (Wildman–Crippen LogP) is 5.78. The maximum atomic E-state index is 13.5. The minimum Gasteiger partial charge on any atom is -0.379 e. The van der Waals surface area contributed by atoms with Gasteiger partial charge in [-0.3, -0.25) is 9.36 Å². The van der Waals surface area contributed by atoms with Crippen molar-refractivity contribution in [1.82, 2.24) is 14.5 Å². The maximum Gasteiger partial charge on any atom is 0.262 e. The van der Waals surface area contributed by atoms with Gasteiger partial charge >= 0.3 is 0 Å². The lowest BCUT2D eigenvalue weighted by atomic mass is 9.83. The summed E-state index contributed by atoms with van der Waals surface area (Å²) in [6.07, 6.45) is 5.91. The first-order chi connectivity index (χ1) is 17.2. The van der Waals surface area contributed by atoms with Gasteiger partial charge < -0.3 is 9.72 Å². The van der Waals surface area contributed by atoms with Crippen LogP contribution in [0.2, 0.25) is 0 Å². The first-order valence-electron chi connectivity index (χ1n) is 12.4. The average molecular weight is 484 g/mol. The molecule has 1 aliphatic rings. The van der Waals surface area contributed by atoms with Gasteiger partial charge in [0, 0.05) is 22.0 Å². The van der Waals surface area contributed by atoms with Crippen molar-refractivity contribution in [3.63, 3.8) is 0 Å². The van der Waals surface area contributed by atoms with Gasteiger partial charge in [-0.15, -0.1) is 11.3 Å². The molecule has 0 aliphatic heterocycles. The molecule has 2 aromatic carbocycles. The molecule has 0 spiro atoms. The van der Waals surface area contributed by atoms with Crippen LogP contribution in [0.5, 0.6) is 0 Å². The van der Waals surface area contributed by atoms with Crippen LogP contribution in [0.1, 0.15) is 39.7 Å². The molecule has 1 N–H and O–H groups in total. The number of hydrogen-bond donors (Lipinski definition) is 1. The Morgan fingerprint density at radius 2 is 1.94 bits per heavy atom. The number of H-pyrrole nitrogens is 1. The average Bonchev–Trinajstić information content (AvgIpc) is 3.46. The third-order valence-corrected chi connectivity index (χ3v) is 8.43. The summed E-state index contributed by atoms with van der Waals surface area (Å²) < 4.78 is 7.74. The number of aryl methyl sites for hydroxylation is 2. The van der Waals surface area contributed by atoms with Crippen molar-refractivity contribution >= 4 is 32.5 Å². The lowest BCUT2D eigenvalue weighted by molar-refractivity contribution is 0.128. The minimum atomic E-state index is 0.0865. The highest BCUT2D eigenvalue weighted by Crippen LogP contribution is 2.39. The number of aromatic nitrogens is 3. The largest absolute Gasteiger partial charge is 0.379 e. The Labute approximate surface area is 208 Å². The van der Waals surface area contributed by atoms with Gasteiger partial charge in [0.05, 0.1) is 25.1 Å². The van der Waals surface area contributed by atoms with Gasteiger partial charge in [0.1, 0.15) is 10.7 Å². The van der Waals surface area contributed by atoms with E-state index in [2.05, 4.69) is 59.7 Å². The summed E-state index contributed by atoms with van der Waals surface area (Å²) in [5, 5.41) is 2.08. The highest BCUT2D eigenvalue weighted by atomic mass is 32.1. The van der Waals surface area contributed by atoms with Crippen molar-refractivity contribution in [3.05, 3.63) is 98.5 Å². The van der Waals surface area contributed by atoms with E-state index in [1.54, 1.807) is 15.9 Å². The number of nitrogens with zero attached hydrogens (tertiary/aromatic N) is 2. The van der Waals surface area contributed by atoms with E-state index in [0.717, 1.165) is 47.2 Å². The number of aromatic amines is 1. The molecule has 0 bridgehead atoms. The van der Waals surface area contributed by atoms with Crippen molar-refractivity contribution < 1.29 is 4.74 Å². The molecular weight excluding hydrogens is 454 g/mol. The summed E-state index contributed by atoms with van der Waals surface area (Å²) >= 11 is 1.71. The maximum absolute atomic E-state index is 13.5. The van der Waals surface area contributed by atoms with Crippen LogP contribution in [-0.2, 0) is 30.5 Å². The van der Waals surface area contributed by atoms with E-state index in [0.29, 0.717) is 25.7 Å². The Balaban J connectivity index is 1.15. The summed E-state index contributed by atoms with van der Waals surface area (Å²) in [5.41, 5.74) is 5.11. The number of para-hydroxylation sites is 1. The van der Waals surface area contributed by atoms with Crippen LogP contribution >= 0.6 is 11.3 Å². The number of nitrogens with one attached hydrogen (secondary N) is 1. The molecule has 1 atom stereocenters. The van der Waals surface area contributed by atoms with E-state index in [4.69, 9.17) is 9.72 Å². The lowest BCUT2D eigenvalue weighted by Crippen LogP contribution is -2.26. The van der Waals surface area contributed by atoms with E-state index in [1.807, 2.05) is 13.0 Å².